The first kappa shape index (κ1) is 34.5. The first-order chi connectivity index (χ1) is 25.2. The number of para-hydroxylation sites is 1. The van der Waals surface area contributed by atoms with E-state index in [0.717, 1.165) is 22.6 Å². The van der Waals surface area contributed by atoms with Gasteiger partial charge in [0.25, 0.3) is 5.91 Å². The van der Waals surface area contributed by atoms with Crippen molar-refractivity contribution in [1.82, 2.24) is 34.8 Å². The Hall–Kier alpha value is -5.92. The highest BCUT2D eigenvalue weighted by molar-refractivity contribution is 6.05. The quantitative estimate of drug-likeness (QED) is 0.220. The fourth-order valence-corrected chi connectivity index (χ4v) is 6.92. The fraction of sp³-hybridized carbons (Fsp3) is 0.342. The molecule has 1 saturated heterocycles. The maximum Gasteiger partial charge on any atom is 0.270 e. The van der Waals surface area contributed by atoms with Gasteiger partial charge in [0.2, 0.25) is 5.91 Å². The number of H-pyrrole nitrogens is 1. The summed E-state index contributed by atoms with van der Waals surface area (Å²) in [5.74, 6) is 1.29. The van der Waals surface area contributed by atoms with Crippen molar-refractivity contribution in [3.8, 4) is 22.6 Å². The summed E-state index contributed by atoms with van der Waals surface area (Å²) in [5, 5.41) is 8.32. The van der Waals surface area contributed by atoms with E-state index in [0.29, 0.717) is 79.4 Å². The summed E-state index contributed by atoms with van der Waals surface area (Å²) in [5.41, 5.74) is 4.02. The number of methoxy groups -OCH3 is 2. The Morgan fingerprint density at radius 3 is 2.46 bits per heavy atom. The highest BCUT2D eigenvalue weighted by atomic mass is 19.1. The molecular weight excluding hydrogens is 665 g/mol. The minimum absolute atomic E-state index is 0.0415. The molecule has 5 heterocycles. The molecule has 0 aliphatic carbocycles. The number of piperazine rings is 1. The van der Waals surface area contributed by atoms with Crippen molar-refractivity contribution in [1.29, 1.82) is 0 Å². The first-order valence-corrected chi connectivity index (χ1v) is 17.3. The van der Waals surface area contributed by atoms with Crippen molar-refractivity contribution in [2.45, 2.75) is 19.4 Å². The maximum absolute atomic E-state index is 16.7. The van der Waals surface area contributed by atoms with E-state index in [1.54, 1.807) is 47.2 Å². The van der Waals surface area contributed by atoms with Crippen LogP contribution in [-0.4, -0.2) is 114 Å². The molecule has 0 bridgehead atoms. The molecule has 0 unspecified atom stereocenters. The van der Waals surface area contributed by atoms with E-state index in [1.165, 1.54) is 0 Å². The Morgan fingerprint density at radius 2 is 1.73 bits per heavy atom. The Balaban J connectivity index is 1.17. The van der Waals surface area contributed by atoms with Gasteiger partial charge in [0.1, 0.15) is 11.4 Å². The van der Waals surface area contributed by atoms with Crippen LogP contribution >= 0.6 is 0 Å². The maximum atomic E-state index is 16.7. The molecule has 1 N–H and O–H groups in total. The molecule has 0 spiro atoms. The third-order valence-corrected chi connectivity index (χ3v) is 9.78. The number of nitrogens with one attached hydrogen (secondary N) is 1. The zero-order chi connectivity index (χ0) is 36.4. The van der Waals surface area contributed by atoms with Gasteiger partial charge in [-0.1, -0.05) is 29.5 Å². The monoisotopic (exact) mass is 707 g/mol. The number of halogens is 1. The number of benzene rings is 2. The van der Waals surface area contributed by atoms with E-state index in [1.807, 2.05) is 67.7 Å². The number of nitrogens with zero attached hydrogens (tertiary/aromatic N) is 8. The zero-order valence-corrected chi connectivity index (χ0v) is 29.8. The second kappa shape index (κ2) is 14.7. The summed E-state index contributed by atoms with van der Waals surface area (Å²) in [4.78, 5) is 42.6. The number of aromatic nitrogens is 5. The number of aromatic amines is 1. The number of amides is 2. The fourth-order valence-electron chi connectivity index (χ4n) is 6.92. The second-order valence-electron chi connectivity index (χ2n) is 13.1. The van der Waals surface area contributed by atoms with Gasteiger partial charge in [-0.25, -0.2) is 9.37 Å². The van der Waals surface area contributed by atoms with Gasteiger partial charge in [-0.2, -0.15) is 0 Å². The van der Waals surface area contributed by atoms with Crippen LogP contribution in [0, 0.1) is 5.82 Å². The van der Waals surface area contributed by atoms with Crippen molar-refractivity contribution in [3.05, 3.63) is 84.2 Å². The lowest BCUT2D eigenvalue weighted by Gasteiger charge is -2.35. The van der Waals surface area contributed by atoms with Crippen LogP contribution in [0.25, 0.3) is 27.6 Å². The summed E-state index contributed by atoms with van der Waals surface area (Å²) < 4.78 is 29.7. The second-order valence-corrected chi connectivity index (χ2v) is 13.1. The molecule has 2 aliphatic rings. The Labute approximate surface area is 301 Å². The van der Waals surface area contributed by atoms with Crippen LogP contribution in [0.4, 0.5) is 15.9 Å². The summed E-state index contributed by atoms with van der Waals surface area (Å²) in [6.45, 7) is 3.24. The molecule has 5 aromatic rings. The van der Waals surface area contributed by atoms with Gasteiger partial charge in [-0.3, -0.25) is 14.3 Å². The van der Waals surface area contributed by atoms with Crippen LogP contribution in [0.15, 0.2) is 67.1 Å². The van der Waals surface area contributed by atoms with Crippen LogP contribution in [-0.2, 0) is 11.3 Å². The number of rotatable bonds is 10. The number of carbonyl (C=O) groups is 2. The van der Waals surface area contributed by atoms with Crippen molar-refractivity contribution < 1.29 is 23.5 Å². The molecule has 52 heavy (non-hydrogen) atoms. The molecule has 2 amide bonds. The Kier molecular flexibility index (Phi) is 9.79. The number of hydrogen-bond acceptors (Lipinski definition) is 9. The molecule has 1 fully saturated rings. The third kappa shape index (κ3) is 6.75. The average Bonchev–Trinajstić information content (AvgIpc) is 3.88. The van der Waals surface area contributed by atoms with Gasteiger partial charge in [-0.15, -0.1) is 5.10 Å². The van der Waals surface area contributed by atoms with Crippen LogP contribution in [0.3, 0.4) is 0 Å². The van der Waals surface area contributed by atoms with Gasteiger partial charge in [0, 0.05) is 88.6 Å². The number of hydrogen-bond donors (Lipinski definition) is 1. The molecule has 0 saturated carbocycles. The number of carbonyl (C=O) groups excluding carboxylic acids is 2. The molecule has 0 atom stereocenters. The number of ether oxygens (including phenoxy) is 2. The Morgan fingerprint density at radius 1 is 0.942 bits per heavy atom. The topological polar surface area (TPSA) is 125 Å². The van der Waals surface area contributed by atoms with Crippen molar-refractivity contribution in [3.63, 3.8) is 0 Å². The lowest BCUT2D eigenvalue weighted by Crippen LogP contribution is -2.49. The summed E-state index contributed by atoms with van der Waals surface area (Å²) in [6.07, 6.45) is 7.94. The van der Waals surface area contributed by atoms with E-state index in [-0.39, 0.29) is 30.3 Å². The Bertz CT molecular complexity index is 2120. The molecule has 3 aromatic heterocycles. The minimum Gasteiger partial charge on any atom is -0.496 e. The molecule has 2 aromatic carbocycles. The van der Waals surface area contributed by atoms with E-state index >= 15 is 4.39 Å². The largest absolute Gasteiger partial charge is 0.496 e. The average molecular weight is 708 g/mol. The van der Waals surface area contributed by atoms with Crippen LogP contribution in [0.1, 0.15) is 28.9 Å². The zero-order valence-electron chi connectivity index (χ0n) is 29.8. The highest BCUT2D eigenvalue weighted by Gasteiger charge is 2.29. The molecule has 13 nitrogen and oxygen atoms in total. The lowest BCUT2D eigenvalue weighted by molar-refractivity contribution is -0.131. The lowest BCUT2D eigenvalue weighted by atomic mass is 9.93. The van der Waals surface area contributed by atoms with Crippen LogP contribution in [0.2, 0.25) is 0 Å². The van der Waals surface area contributed by atoms with E-state index in [9.17, 15) is 9.59 Å². The number of anilines is 2. The van der Waals surface area contributed by atoms with Gasteiger partial charge < -0.3 is 34.1 Å². The number of fused-ring (bicyclic) bond motifs is 1. The van der Waals surface area contributed by atoms with Crippen molar-refractivity contribution in [2.75, 3.05) is 77.4 Å². The van der Waals surface area contributed by atoms with Crippen LogP contribution in [0.5, 0.6) is 11.5 Å². The third-order valence-electron chi connectivity index (χ3n) is 9.78. The predicted molar refractivity (Wildman–Crippen MR) is 197 cm³/mol. The normalized spacial score (nSPS) is 14.8. The number of aryl methyl sites for hydroxylation is 1. The summed E-state index contributed by atoms with van der Waals surface area (Å²) in [7, 11) is 7.12. The van der Waals surface area contributed by atoms with Crippen LogP contribution < -0.4 is 19.3 Å². The predicted octanol–water partition coefficient (Wildman–Crippen LogP) is 4.71. The van der Waals surface area contributed by atoms with E-state index in [4.69, 9.17) is 9.47 Å². The van der Waals surface area contributed by atoms with Crippen molar-refractivity contribution >= 4 is 39.8 Å². The summed E-state index contributed by atoms with van der Waals surface area (Å²) in [6, 6.07) is 13.1. The minimum atomic E-state index is -0.472. The molecule has 2 aliphatic heterocycles. The molecular formula is C38H42FN9O4. The van der Waals surface area contributed by atoms with Gasteiger partial charge in [0.15, 0.2) is 17.4 Å². The van der Waals surface area contributed by atoms with E-state index in [2.05, 4.69) is 25.2 Å². The first-order valence-electron chi connectivity index (χ1n) is 17.3. The smallest absolute Gasteiger partial charge is 0.270 e. The molecule has 270 valence electrons. The summed E-state index contributed by atoms with van der Waals surface area (Å²) >= 11 is 0. The van der Waals surface area contributed by atoms with Gasteiger partial charge >= 0.3 is 0 Å². The SMILES string of the molecule is COc1ccccc1-c1cc(C2=CCCN(C(=O)CCn3ccnn3)C2)c(F)c2[nH]c(C(=O)N3CCN(c4ncc(N(C)C)cc4OC)CC3)cc12. The molecule has 14 heteroatoms. The molecule has 7 rings (SSSR count). The van der Waals surface area contributed by atoms with Crippen molar-refractivity contribution in [2.24, 2.45) is 0 Å². The number of pyridine rings is 1. The van der Waals surface area contributed by atoms with Gasteiger partial charge in [-0.05, 0) is 35.8 Å². The van der Waals surface area contributed by atoms with E-state index < -0.39 is 5.82 Å². The standard InChI is InChI=1S/C38H42FN9O4/c1-44(2)26-20-33(52-4)37(40-23-26)45-16-18-46(19-17-45)38(50)31-22-30-29(27-9-5-6-10-32(27)51-3)21-28(35(39)36(30)42-31)25-8-7-13-47(24-25)34(49)11-14-48-15-12-41-43-48/h5-6,8-10,12,15,20-23,42H,7,11,13-14,16-19,24H2,1-4H3. The highest BCUT2D eigenvalue weighted by Crippen LogP contribution is 2.40. The van der Waals surface area contributed by atoms with Gasteiger partial charge in [0.05, 0.1) is 44.4 Å². The molecule has 0 radical (unpaired) electrons.